The lowest BCUT2D eigenvalue weighted by Gasteiger charge is -2.24. The molecule has 1 saturated heterocycles. The molecule has 0 saturated carbocycles. The normalized spacial score (nSPS) is 16.4. The van der Waals surface area contributed by atoms with Crippen molar-refractivity contribution in [1.29, 1.82) is 0 Å². The second kappa shape index (κ2) is 10.1. The molecule has 174 valence electrons. The summed E-state index contributed by atoms with van der Waals surface area (Å²) in [5, 5.41) is 3.45. The number of aryl methyl sites for hydroxylation is 1. The van der Waals surface area contributed by atoms with E-state index in [1.54, 1.807) is 12.4 Å². The zero-order chi connectivity index (χ0) is 23.3. The Hall–Kier alpha value is -3.71. The number of nitrogens with one attached hydrogen (secondary N) is 1. The van der Waals surface area contributed by atoms with Gasteiger partial charge in [-0.2, -0.15) is 0 Å². The molecule has 0 bridgehead atoms. The summed E-state index contributed by atoms with van der Waals surface area (Å²) in [6.07, 6.45) is 10.3. The molecule has 0 spiro atoms. The molecule has 7 heteroatoms. The Labute approximate surface area is 199 Å². The molecule has 1 aliphatic rings. The fourth-order valence-corrected chi connectivity index (χ4v) is 4.44. The first-order valence-corrected chi connectivity index (χ1v) is 11.7. The van der Waals surface area contributed by atoms with E-state index in [0.717, 1.165) is 28.9 Å². The van der Waals surface area contributed by atoms with E-state index >= 15 is 0 Å². The minimum atomic E-state index is 0.0463. The Morgan fingerprint density at radius 1 is 1.18 bits per heavy atom. The highest BCUT2D eigenvalue weighted by Gasteiger charge is 2.24. The fourth-order valence-electron chi connectivity index (χ4n) is 4.44. The van der Waals surface area contributed by atoms with Gasteiger partial charge in [-0.05, 0) is 54.3 Å². The number of hydrogen-bond donors (Lipinski definition) is 1. The Bertz CT molecular complexity index is 1270. The van der Waals surface area contributed by atoms with Crippen LogP contribution in [0.5, 0.6) is 0 Å². The summed E-state index contributed by atoms with van der Waals surface area (Å²) in [5.41, 5.74) is 6.01. The highest BCUT2D eigenvalue weighted by atomic mass is 16.5. The number of carbonyl (C=O) groups excluding carboxylic acids is 1. The maximum Gasteiger partial charge on any atom is 0.254 e. The van der Waals surface area contributed by atoms with Gasteiger partial charge in [0.15, 0.2) is 0 Å². The van der Waals surface area contributed by atoms with Crippen molar-refractivity contribution in [2.24, 2.45) is 5.92 Å². The number of rotatable bonds is 6. The van der Waals surface area contributed by atoms with E-state index in [1.165, 1.54) is 5.56 Å². The summed E-state index contributed by atoms with van der Waals surface area (Å²) < 4.78 is 7.90. The third-order valence-corrected chi connectivity index (χ3v) is 6.29. The summed E-state index contributed by atoms with van der Waals surface area (Å²) >= 11 is 0. The third-order valence-electron chi connectivity index (χ3n) is 6.29. The Kier molecular flexibility index (Phi) is 6.53. The fraction of sp³-hybridized carbons (Fsp3) is 0.296. The molecule has 1 atom stereocenters. The van der Waals surface area contributed by atoms with Gasteiger partial charge in [0.2, 0.25) is 0 Å². The van der Waals surface area contributed by atoms with E-state index < -0.39 is 0 Å². The lowest BCUT2D eigenvalue weighted by Crippen LogP contribution is -2.36. The van der Waals surface area contributed by atoms with Crippen LogP contribution < -0.4 is 5.32 Å². The van der Waals surface area contributed by atoms with Crippen LogP contribution in [0.4, 0.5) is 5.69 Å². The molecule has 0 unspecified atom stereocenters. The molecule has 1 amide bonds. The number of amides is 1. The number of carbonyl (C=O) groups is 1. The van der Waals surface area contributed by atoms with Gasteiger partial charge in [0.05, 0.1) is 13.2 Å². The number of ether oxygens (including phenoxy) is 1. The quantitative estimate of drug-likeness (QED) is 0.476. The third kappa shape index (κ3) is 5.10. The van der Waals surface area contributed by atoms with Crippen molar-refractivity contribution in [3.8, 4) is 0 Å². The van der Waals surface area contributed by atoms with Gasteiger partial charge in [0.1, 0.15) is 5.65 Å². The molecule has 34 heavy (non-hydrogen) atoms. The summed E-state index contributed by atoms with van der Waals surface area (Å²) in [7, 11) is 0. The van der Waals surface area contributed by atoms with Crippen LogP contribution in [-0.4, -0.2) is 51.5 Å². The van der Waals surface area contributed by atoms with Crippen molar-refractivity contribution in [1.82, 2.24) is 19.3 Å². The van der Waals surface area contributed by atoms with Gasteiger partial charge in [-0.1, -0.05) is 18.2 Å². The zero-order valence-corrected chi connectivity index (χ0v) is 19.4. The molecule has 4 heterocycles. The van der Waals surface area contributed by atoms with Crippen LogP contribution in [0.3, 0.4) is 0 Å². The van der Waals surface area contributed by atoms with Crippen molar-refractivity contribution in [3.05, 3.63) is 95.7 Å². The van der Waals surface area contributed by atoms with Crippen LogP contribution in [0.1, 0.15) is 27.0 Å². The summed E-state index contributed by atoms with van der Waals surface area (Å²) in [6.45, 7) is 5.19. The van der Waals surface area contributed by atoms with E-state index in [9.17, 15) is 4.79 Å². The van der Waals surface area contributed by atoms with Gasteiger partial charge < -0.3 is 19.4 Å². The lowest BCUT2D eigenvalue weighted by molar-refractivity contribution is 0.0737. The maximum absolute atomic E-state index is 13.4. The Morgan fingerprint density at radius 3 is 3.00 bits per heavy atom. The van der Waals surface area contributed by atoms with Crippen molar-refractivity contribution < 1.29 is 9.53 Å². The number of aromatic nitrogens is 3. The van der Waals surface area contributed by atoms with Gasteiger partial charge in [0, 0.05) is 67.8 Å². The molecule has 5 rings (SSSR count). The SMILES string of the molecule is Cc1ccc(C(=O)N2CCOC[C@@H](Cc3ccc4nccn4c3)C2)cc1NCc1cccnc1. The molecule has 1 fully saturated rings. The molecular formula is C27H29N5O2. The second-order valence-electron chi connectivity index (χ2n) is 8.87. The number of anilines is 1. The number of pyridine rings is 2. The second-order valence-corrected chi connectivity index (χ2v) is 8.87. The molecular weight excluding hydrogens is 426 g/mol. The first-order chi connectivity index (χ1) is 16.7. The first kappa shape index (κ1) is 22.1. The van der Waals surface area contributed by atoms with Crippen LogP contribution in [0, 0.1) is 12.8 Å². The van der Waals surface area contributed by atoms with Crippen LogP contribution in [0.25, 0.3) is 5.65 Å². The van der Waals surface area contributed by atoms with E-state index in [2.05, 4.69) is 27.5 Å². The largest absolute Gasteiger partial charge is 0.381 e. The predicted octanol–water partition coefficient (Wildman–Crippen LogP) is 3.98. The number of nitrogens with zero attached hydrogens (tertiary/aromatic N) is 4. The molecule has 0 aliphatic carbocycles. The number of imidazole rings is 1. The Morgan fingerprint density at radius 2 is 2.12 bits per heavy atom. The number of benzene rings is 1. The molecule has 1 N–H and O–H groups in total. The van der Waals surface area contributed by atoms with Crippen LogP contribution in [0.15, 0.2) is 73.4 Å². The van der Waals surface area contributed by atoms with Gasteiger partial charge >= 0.3 is 0 Å². The van der Waals surface area contributed by atoms with E-state index in [1.807, 2.05) is 65.0 Å². The molecule has 7 nitrogen and oxygen atoms in total. The molecule has 3 aromatic heterocycles. The smallest absolute Gasteiger partial charge is 0.254 e. The average molecular weight is 456 g/mol. The van der Waals surface area contributed by atoms with Crippen LogP contribution in [0.2, 0.25) is 0 Å². The van der Waals surface area contributed by atoms with Crippen molar-refractivity contribution in [2.45, 2.75) is 19.9 Å². The molecule has 4 aromatic rings. The Balaban J connectivity index is 1.27. The monoisotopic (exact) mass is 455 g/mol. The molecule has 1 aromatic carbocycles. The minimum absolute atomic E-state index is 0.0463. The summed E-state index contributed by atoms with van der Waals surface area (Å²) in [4.78, 5) is 23.9. The van der Waals surface area contributed by atoms with Gasteiger partial charge in [-0.15, -0.1) is 0 Å². The van der Waals surface area contributed by atoms with Crippen molar-refractivity contribution >= 4 is 17.2 Å². The zero-order valence-electron chi connectivity index (χ0n) is 19.4. The van der Waals surface area contributed by atoms with Gasteiger partial charge in [-0.25, -0.2) is 4.98 Å². The maximum atomic E-state index is 13.4. The summed E-state index contributed by atoms with van der Waals surface area (Å²) in [6, 6.07) is 14.0. The topological polar surface area (TPSA) is 71.8 Å². The van der Waals surface area contributed by atoms with E-state index in [4.69, 9.17) is 4.74 Å². The van der Waals surface area contributed by atoms with Gasteiger partial charge in [-0.3, -0.25) is 9.78 Å². The van der Waals surface area contributed by atoms with Crippen LogP contribution >= 0.6 is 0 Å². The number of fused-ring (bicyclic) bond motifs is 1. The highest BCUT2D eigenvalue weighted by Crippen LogP contribution is 2.21. The van der Waals surface area contributed by atoms with Crippen molar-refractivity contribution in [3.63, 3.8) is 0 Å². The average Bonchev–Trinajstić information content (AvgIpc) is 3.21. The van der Waals surface area contributed by atoms with E-state index in [-0.39, 0.29) is 11.8 Å². The van der Waals surface area contributed by atoms with Gasteiger partial charge in [0.25, 0.3) is 5.91 Å². The van der Waals surface area contributed by atoms with Crippen LogP contribution in [-0.2, 0) is 17.7 Å². The van der Waals surface area contributed by atoms with Crippen molar-refractivity contribution in [2.75, 3.05) is 31.6 Å². The lowest BCUT2D eigenvalue weighted by atomic mass is 10.00. The van der Waals surface area contributed by atoms with E-state index in [0.29, 0.717) is 38.4 Å². The number of hydrogen-bond acceptors (Lipinski definition) is 5. The molecule has 0 radical (unpaired) electrons. The highest BCUT2D eigenvalue weighted by molar-refractivity contribution is 5.95. The summed E-state index contributed by atoms with van der Waals surface area (Å²) in [5.74, 6) is 0.283. The minimum Gasteiger partial charge on any atom is -0.381 e. The standard InChI is InChI=1S/C27H29N5O2/c1-20-4-6-24(14-25(20)30-16-22-3-2-8-28-15-22)27(33)32-11-12-34-19-23(18-32)13-21-5-7-26-29-9-10-31(26)17-21/h2-10,14-15,17,23,30H,11-13,16,18-19H2,1H3/t23-/m0/s1. The molecule has 1 aliphatic heterocycles. The predicted molar refractivity (Wildman–Crippen MR) is 132 cm³/mol. The first-order valence-electron chi connectivity index (χ1n) is 11.7.